The molecule has 7 heteroatoms. The number of nitrogens with two attached hydrogens (primary N) is 1. The zero-order valence-electron chi connectivity index (χ0n) is 8.14. The van der Waals surface area contributed by atoms with Gasteiger partial charge in [-0.2, -0.15) is 0 Å². The summed E-state index contributed by atoms with van der Waals surface area (Å²) in [6.45, 7) is 1.35. The van der Waals surface area contributed by atoms with E-state index in [1.807, 2.05) is 0 Å². The molecular formula is C7H15N3O3S. The van der Waals surface area contributed by atoms with Gasteiger partial charge in [0.25, 0.3) is 0 Å². The van der Waals surface area contributed by atoms with Crippen LogP contribution in [0.1, 0.15) is 6.42 Å². The van der Waals surface area contributed by atoms with Gasteiger partial charge in [-0.25, -0.2) is 19.1 Å². The van der Waals surface area contributed by atoms with Crippen LogP contribution in [0.15, 0.2) is 0 Å². The Bertz CT molecular complexity index is 314. The van der Waals surface area contributed by atoms with Crippen LogP contribution in [-0.2, 0) is 9.84 Å². The number of urea groups is 1. The number of carbonyl (C=O) groups is 1. The fourth-order valence-corrected chi connectivity index (χ4v) is 1.84. The highest BCUT2D eigenvalue weighted by molar-refractivity contribution is 7.90. The summed E-state index contributed by atoms with van der Waals surface area (Å²) in [6, 6.07) is -0.292. The predicted octanol–water partition coefficient (Wildman–Crippen LogP) is -0.968. The molecule has 1 aliphatic rings. The topological polar surface area (TPSA) is 83.7 Å². The lowest BCUT2D eigenvalue weighted by molar-refractivity contribution is 0.133. The highest BCUT2D eigenvalue weighted by Gasteiger charge is 2.23. The molecule has 14 heavy (non-hydrogen) atoms. The molecule has 0 bridgehead atoms. The van der Waals surface area contributed by atoms with Crippen molar-refractivity contribution in [2.45, 2.75) is 6.42 Å². The van der Waals surface area contributed by atoms with E-state index in [4.69, 9.17) is 5.84 Å². The predicted molar refractivity (Wildman–Crippen MR) is 52.2 cm³/mol. The molecule has 2 N–H and O–H groups in total. The molecule has 1 aliphatic heterocycles. The Morgan fingerprint density at radius 2 is 2.07 bits per heavy atom. The quantitative estimate of drug-likeness (QED) is 0.491. The van der Waals surface area contributed by atoms with Crippen molar-refractivity contribution in [3.8, 4) is 0 Å². The van der Waals surface area contributed by atoms with Crippen LogP contribution in [0, 0.1) is 0 Å². The Morgan fingerprint density at radius 1 is 1.43 bits per heavy atom. The molecule has 1 saturated heterocycles. The summed E-state index contributed by atoms with van der Waals surface area (Å²) in [5.74, 6) is 5.39. The Kier molecular flexibility index (Phi) is 3.33. The van der Waals surface area contributed by atoms with Gasteiger partial charge in [-0.1, -0.05) is 0 Å². The number of rotatable bonds is 3. The van der Waals surface area contributed by atoms with E-state index in [2.05, 4.69) is 0 Å². The maximum atomic E-state index is 11.4. The number of hydrogen-bond acceptors (Lipinski definition) is 4. The van der Waals surface area contributed by atoms with Crippen molar-refractivity contribution in [3.63, 3.8) is 0 Å². The Labute approximate surface area is 83.5 Å². The minimum atomic E-state index is -3.02. The van der Waals surface area contributed by atoms with Gasteiger partial charge in [0.15, 0.2) is 0 Å². The molecule has 2 amide bonds. The lowest BCUT2D eigenvalue weighted by Crippen LogP contribution is -2.53. The summed E-state index contributed by atoms with van der Waals surface area (Å²) >= 11 is 0. The van der Waals surface area contributed by atoms with Gasteiger partial charge in [0.2, 0.25) is 0 Å². The van der Waals surface area contributed by atoms with Crippen LogP contribution in [-0.4, -0.2) is 56.0 Å². The maximum Gasteiger partial charge on any atom is 0.334 e. The van der Waals surface area contributed by atoms with Crippen LogP contribution in [0.5, 0.6) is 0 Å². The van der Waals surface area contributed by atoms with Gasteiger partial charge in [-0.15, -0.1) is 0 Å². The van der Waals surface area contributed by atoms with Crippen LogP contribution >= 0.6 is 0 Å². The fraction of sp³-hybridized carbons (Fsp3) is 0.857. The summed E-state index contributed by atoms with van der Waals surface area (Å²) < 4.78 is 21.8. The van der Waals surface area contributed by atoms with E-state index in [1.54, 1.807) is 0 Å². The van der Waals surface area contributed by atoms with Crippen LogP contribution in [0.4, 0.5) is 4.79 Å². The van der Waals surface area contributed by atoms with E-state index in [1.165, 1.54) is 4.90 Å². The standard InChI is InChI=1S/C7H15N3O3S/c1-14(12,13)6-5-9-3-2-4-10(8)7(9)11/h2-6,8H2,1H3. The normalized spacial score (nSPS) is 18.9. The second-order valence-corrected chi connectivity index (χ2v) is 5.71. The van der Waals surface area contributed by atoms with Gasteiger partial charge in [0.1, 0.15) is 9.84 Å². The smallest absolute Gasteiger partial charge is 0.322 e. The molecule has 1 heterocycles. The summed E-state index contributed by atoms with van der Waals surface area (Å²) in [6.07, 6.45) is 1.94. The number of nitrogens with zero attached hydrogens (tertiary/aromatic N) is 2. The van der Waals surface area contributed by atoms with E-state index in [9.17, 15) is 13.2 Å². The summed E-state index contributed by atoms with van der Waals surface area (Å²) in [7, 11) is -3.02. The van der Waals surface area contributed by atoms with Crippen LogP contribution in [0.2, 0.25) is 0 Å². The lowest BCUT2D eigenvalue weighted by atomic mass is 10.3. The van der Waals surface area contributed by atoms with Gasteiger partial charge in [0.05, 0.1) is 5.75 Å². The van der Waals surface area contributed by atoms with Gasteiger partial charge >= 0.3 is 6.03 Å². The highest BCUT2D eigenvalue weighted by atomic mass is 32.2. The molecule has 0 aromatic rings. The SMILES string of the molecule is CS(=O)(=O)CCN1CCCN(N)C1=O. The Morgan fingerprint density at radius 3 is 2.64 bits per heavy atom. The molecule has 1 rings (SSSR count). The zero-order valence-corrected chi connectivity index (χ0v) is 8.96. The third kappa shape index (κ3) is 3.15. The second kappa shape index (κ2) is 4.14. The van der Waals surface area contributed by atoms with Crippen LogP contribution in [0.25, 0.3) is 0 Å². The van der Waals surface area contributed by atoms with Crippen LogP contribution in [0.3, 0.4) is 0 Å². The molecule has 82 valence electrons. The largest absolute Gasteiger partial charge is 0.334 e. The van der Waals surface area contributed by atoms with E-state index >= 15 is 0 Å². The van der Waals surface area contributed by atoms with E-state index < -0.39 is 9.84 Å². The fourth-order valence-electron chi connectivity index (χ4n) is 1.29. The molecule has 1 fully saturated rings. The third-order valence-corrected chi connectivity index (χ3v) is 3.00. The molecule has 0 aromatic carbocycles. The van der Waals surface area contributed by atoms with Crippen molar-refractivity contribution in [2.24, 2.45) is 5.84 Å². The number of amides is 2. The minimum Gasteiger partial charge on any atom is -0.322 e. The van der Waals surface area contributed by atoms with E-state index in [-0.39, 0.29) is 18.3 Å². The third-order valence-electron chi connectivity index (χ3n) is 2.08. The highest BCUT2D eigenvalue weighted by Crippen LogP contribution is 2.05. The Hall–Kier alpha value is -0.820. The summed E-state index contributed by atoms with van der Waals surface area (Å²) in [5, 5.41) is 1.12. The Balaban J connectivity index is 2.48. The number of hydrazine groups is 1. The molecule has 0 atom stereocenters. The molecule has 6 nitrogen and oxygen atoms in total. The van der Waals surface area contributed by atoms with E-state index in [0.29, 0.717) is 13.1 Å². The van der Waals surface area contributed by atoms with Gasteiger partial charge in [-0.05, 0) is 6.42 Å². The lowest BCUT2D eigenvalue weighted by Gasteiger charge is -2.32. The van der Waals surface area contributed by atoms with Crippen LogP contribution < -0.4 is 5.84 Å². The minimum absolute atomic E-state index is 0.00736. The zero-order chi connectivity index (χ0) is 10.8. The number of hydrogen-bond donors (Lipinski definition) is 1. The average molecular weight is 221 g/mol. The van der Waals surface area contributed by atoms with Crippen molar-refractivity contribution in [3.05, 3.63) is 0 Å². The monoisotopic (exact) mass is 221 g/mol. The maximum absolute atomic E-state index is 11.4. The van der Waals surface area contributed by atoms with Crippen molar-refractivity contribution in [1.29, 1.82) is 0 Å². The van der Waals surface area contributed by atoms with Crippen molar-refractivity contribution >= 4 is 15.9 Å². The number of sulfone groups is 1. The molecule has 0 spiro atoms. The van der Waals surface area contributed by atoms with Gasteiger partial charge in [0, 0.05) is 25.9 Å². The van der Waals surface area contributed by atoms with Gasteiger partial charge < -0.3 is 4.90 Å². The van der Waals surface area contributed by atoms with Gasteiger partial charge in [-0.3, -0.25) is 5.01 Å². The second-order valence-electron chi connectivity index (χ2n) is 3.45. The first-order valence-corrected chi connectivity index (χ1v) is 6.45. The van der Waals surface area contributed by atoms with Crippen molar-refractivity contribution in [1.82, 2.24) is 9.91 Å². The molecule has 0 radical (unpaired) electrons. The van der Waals surface area contributed by atoms with E-state index in [0.717, 1.165) is 17.7 Å². The first-order chi connectivity index (χ1) is 6.40. The molecule has 0 aliphatic carbocycles. The summed E-state index contributed by atoms with van der Waals surface area (Å²) in [5.41, 5.74) is 0. The molecule has 0 aromatic heterocycles. The van der Waals surface area contributed by atoms with Crippen molar-refractivity contribution in [2.75, 3.05) is 31.6 Å². The number of carbonyl (C=O) groups excluding carboxylic acids is 1. The average Bonchev–Trinajstić information content (AvgIpc) is 2.06. The molecule has 0 unspecified atom stereocenters. The first-order valence-electron chi connectivity index (χ1n) is 4.39. The summed E-state index contributed by atoms with van der Waals surface area (Å²) in [4.78, 5) is 12.8. The molecule has 0 saturated carbocycles. The first kappa shape index (κ1) is 11.3. The van der Waals surface area contributed by atoms with Crippen molar-refractivity contribution < 1.29 is 13.2 Å². The molecular weight excluding hydrogens is 206 g/mol.